The van der Waals surface area contributed by atoms with Crippen molar-refractivity contribution in [2.75, 3.05) is 13.2 Å². The average Bonchev–Trinajstić information content (AvgIpc) is 2.86. The molecule has 25 heavy (non-hydrogen) atoms. The number of likely N-dealkylation sites (tertiary alicyclic amines) is 1. The second-order valence-electron chi connectivity index (χ2n) is 7.60. The van der Waals surface area contributed by atoms with E-state index in [9.17, 15) is 9.59 Å². The molecule has 0 aromatic rings. The van der Waals surface area contributed by atoms with Crippen molar-refractivity contribution in [1.29, 1.82) is 0 Å². The monoisotopic (exact) mass is 357 g/mol. The number of ether oxygens (including phenoxy) is 2. The molecule has 0 radical (unpaired) electrons. The van der Waals surface area contributed by atoms with Crippen LogP contribution >= 0.6 is 0 Å². The Kier molecular flexibility index (Phi) is 11.2. The molecule has 1 aliphatic heterocycles. The van der Waals surface area contributed by atoms with Gasteiger partial charge in [-0.1, -0.05) is 21.3 Å². The SMILES string of the molecule is C.CC(C)OC[C@@H]1C[C@@H](OC(C)C)CN1C(=O)CCCC(=O)C(C)C. The second-order valence-corrected chi connectivity index (χ2v) is 7.60. The molecule has 1 saturated heterocycles. The van der Waals surface area contributed by atoms with Gasteiger partial charge >= 0.3 is 0 Å². The molecular formula is C20H39NO4. The topological polar surface area (TPSA) is 55.8 Å². The molecule has 0 saturated carbocycles. The van der Waals surface area contributed by atoms with Crippen molar-refractivity contribution in [2.24, 2.45) is 5.92 Å². The first-order valence-electron chi connectivity index (χ1n) is 9.29. The molecule has 0 aromatic carbocycles. The van der Waals surface area contributed by atoms with Crippen LogP contribution in [0.2, 0.25) is 0 Å². The van der Waals surface area contributed by atoms with E-state index >= 15 is 0 Å². The van der Waals surface area contributed by atoms with E-state index in [0.717, 1.165) is 6.42 Å². The van der Waals surface area contributed by atoms with Gasteiger partial charge in [0.15, 0.2) is 0 Å². The van der Waals surface area contributed by atoms with Crippen LogP contribution in [0.4, 0.5) is 0 Å². The van der Waals surface area contributed by atoms with Gasteiger partial charge in [-0.05, 0) is 40.5 Å². The van der Waals surface area contributed by atoms with E-state index in [-0.39, 0.29) is 49.4 Å². The zero-order valence-electron chi connectivity index (χ0n) is 16.2. The highest BCUT2D eigenvalue weighted by atomic mass is 16.5. The maximum absolute atomic E-state index is 12.6. The maximum Gasteiger partial charge on any atom is 0.223 e. The second kappa shape index (κ2) is 11.6. The summed E-state index contributed by atoms with van der Waals surface area (Å²) in [6.45, 7) is 13.0. The third-order valence-electron chi connectivity index (χ3n) is 4.24. The Morgan fingerprint density at radius 2 is 1.68 bits per heavy atom. The average molecular weight is 358 g/mol. The standard InChI is InChI=1S/C19H35NO4.CH4/c1-13(2)18(21)8-7-9-19(22)20-11-17(24-15(5)6)10-16(20)12-23-14(3)4;/h13-17H,7-12H2,1-6H3;1H4/t16-,17+;/m0./s1. The lowest BCUT2D eigenvalue weighted by Gasteiger charge is -2.25. The molecule has 1 rings (SSSR count). The van der Waals surface area contributed by atoms with E-state index in [1.54, 1.807) is 0 Å². The summed E-state index contributed by atoms with van der Waals surface area (Å²) >= 11 is 0. The molecular weight excluding hydrogens is 318 g/mol. The first-order valence-corrected chi connectivity index (χ1v) is 9.29. The van der Waals surface area contributed by atoms with Gasteiger partial charge in [0.05, 0.1) is 31.0 Å². The zero-order valence-corrected chi connectivity index (χ0v) is 16.2. The van der Waals surface area contributed by atoms with Crippen LogP contribution in [-0.2, 0) is 19.1 Å². The van der Waals surface area contributed by atoms with Gasteiger partial charge in [0.1, 0.15) is 5.78 Å². The summed E-state index contributed by atoms with van der Waals surface area (Å²) < 4.78 is 11.6. The van der Waals surface area contributed by atoms with Crippen LogP contribution in [0.1, 0.15) is 74.7 Å². The number of hydrogen-bond donors (Lipinski definition) is 0. The molecule has 0 aliphatic carbocycles. The Labute approximate surface area is 154 Å². The molecule has 1 heterocycles. The van der Waals surface area contributed by atoms with Crippen molar-refractivity contribution in [3.8, 4) is 0 Å². The highest BCUT2D eigenvalue weighted by Gasteiger charge is 2.36. The molecule has 5 heteroatoms. The quantitative estimate of drug-likeness (QED) is 0.596. The number of rotatable bonds is 10. The minimum absolute atomic E-state index is 0. The summed E-state index contributed by atoms with van der Waals surface area (Å²) in [6.07, 6.45) is 2.73. The molecule has 1 fully saturated rings. The van der Waals surface area contributed by atoms with Gasteiger partial charge in [-0.15, -0.1) is 0 Å². The van der Waals surface area contributed by atoms with Gasteiger partial charge in [0, 0.05) is 25.3 Å². The molecule has 5 nitrogen and oxygen atoms in total. The van der Waals surface area contributed by atoms with Crippen LogP contribution < -0.4 is 0 Å². The summed E-state index contributed by atoms with van der Waals surface area (Å²) in [5.41, 5.74) is 0. The third-order valence-corrected chi connectivity index (χ3v) is 4.24. The van der Waals surface area contributed by atoms with E-state index in [1.165, 1.54) is 0 Å². The first-order chi connectivity index (χ1) is 11.2. The normalized spacial score (nSPS) is 20.4. The summed E-state index contributed by atoms with van der Waals surface area (Å²) in [5, 5.41) is 0. The van der Waals surface area contributed by atoms with Crippen LogP contribution in [0, 0.1) is 5.92 Å². The molecule has 1 aliphatic rings. The van der Waals surface area contributed by atoms with Gasteiger partial charge in [0.2, 0.25) is 5.91 Å². The summed E-state index contributed by atoms with van der Waals surface area (Å²) in [4.78, 5) is 26.2. The molecule has 148 valence electrons. The fourth-order valence-corrected chi connectivity index (χ4v) is 2.97. The Morgan fingerprint density at radius 1 is 1.04 bits per heavy atom. The number of amides is 1. The van der Waals surface area contributed by atoms with Gasteiger partial charge in [-0.3, -0.25) is 9.59 Å². The maximum atomic E-state index is 12.6. The minimum Gasteiger partial charge on any atom is -0.377 e. The van der Waals surface area contributed by atoms with Crippen LogP contribution in [0.25, 0.3) is 0 Å². The summed E-state index contributed by atoms with van der Waals surface area (Å²) in [5.74, 6) is 0.381. The first kappa shape index (κ1) is 24.1. The minimum atomic E-state index is 0. The van der Waals surface area contributed by atoms with Crippen molar-refractivity contribution in [3.05, 3.63) is 0 Å². The number of hydrogen-bond acceptors (Lipinski definition) is 4. The van der Waals surface area contributed by atoms with Gasteiger partial charge in [0.25, 0.3) is 0 Å². The van der Waals surface area contributed by atoms with Crippen molar-refractivity contribution in [3.63, 3.8) is 0 Å². The molecule has 1 amide bonds. The van der Waals surface area contributed by atoms with Crippen molar-refractivity contribution in [2.45, 2.75) is 99.0 Å². The van der Waals surface area contributed by atoms with Crippen LogP contribution in [0.3, 0.4) is 0 Å². The largest absolute Gasteiger partial charge is 0.377 e. The molecule has 0 unspecified atom stereocenters. The lowest BCUT2D eigenvalue weighted by atomic mass is 10.0. The van der Waals surface area contributed by atoms with E-state index in [1.807, 2.05) is 46.4 Å². The van der Waals surface area contributed by atoms with Crippen LogP contribution in [-0.4, -0.2) is 54.1 Å². The van der Waals surface area contributed by atoms with Crippen molar-refractivity contribution >= 4 is 11.7 Å². The Balaban J connectivity index is 0.00000576. The predicted octanol–water partition coefficient (Wildman–Crippen LogP) is 3.84. The molecule has 0 bridgehead atoms. The number of ketones is 1. The van der Waals surface area contributed by atoms with Gasteiger partial charge in [-0.25, -0.2) is 0 Å². The van der Waals surface area contributed by atoms with Gasteiger partial charge in [-0.2, -0.15) is 0 Å². The summed E-state index contributed by atoms with van der Waals surface area (Å²) in [6, 6.07) is 0.0736. The Hall–Kier alpha value is -0.940. The smallest absolute Gasteiger partial charge is 0.223 e. The third kappa shape index (κ3) is 8.82. The number of Topliss-reactive ketones (excluding diaryl/α,β-unsaturated/α-hetero) is 1. The number of nitrogens with zero attached hydrogens (tertiary/aromatic N) is 1. The van der Waals surface area contributed by atoms with Crippen molar-refractivity contribution < 1.29 is 19.1 Å². The molecule has 0 aromatic heterocycles. The number of carbonyl (C=O) groups is 2. The lowest BCUT2D eigenvalue weighted by Crippen LogP contribution is -2.39. The fraction of sp³-hybridized carbons (Fsp3) is 0.900. The van der Waals surface area contributed by atoms with Crippen LogP contribution in [0.15, 0.2) is 0 Å². The Morgan fingerprint density at radius 3 is 2.20 bits per heavy atom. The molecule has 0 N–H and O–H groups in total. The number of carbonyl (C=O) groups excluding carboxylic acids is 2. The predicted molar refractivity (Wildman–Crippen MR) is 102 cm³/mol. The van der Waals surface area contributed by atoms with Gasteiger partial charge < -0.3 is 14.4 Å². The lowest BCUT2D eigenvalue weighted by molar-refractivity contribution is -0.134. The zero-order chi connectivity index (χ0) is 18.3. The van der Waals surface area contributed by atoms with Crippen molar-refractivity contribution in [1.82, 2.24) is 4.90 Å². The highest BCUT2D eigenvalue weighted by Crippen LogP contribution is 2.24. The van der Waals surface area contributed by atoms with Crippen LogP contribution in [0.5, 0.6) is 0 Å². The van der Waals surface area contributed by atoms with E-state index in [0.29, 0.717) is 32.4 Å². The highest BCUT2D eigenvalue weighted by molar-refractivity contribution is 5.81. The molecule has 2 atom stereocenters. The van der Waals surface area contributed by atoms with E-state index in [4.69, 9.17) is 9.47 Å². The fourth-order valence-electron chi connectivity index (χ4n) is 2.97. The summed E-state index contributed by atoms with van der Waals surface area (Å²) in [7, 11) is 0. The molecule has 0 spiro atoms. The van der Waals surface area contributed by atoms with E-state index in [2.05, 4.69) is 0 Å². The van der Waals surface area contributed by atoms with E-state index < -0.39 is 0 Å². The Bertz CT molecular complexity index is 407.